The summed E-state index contributed by atoms with van der Waals surface area (Å²) >= 11 is 1.14. The van der Waals surface area contributed by atoms with Crippen LogP contribution in [0.3, 0.4) is 0 Å². The third-order valence-electron chi connectivity index (χ3n) is 3.00. The molecule has 0 bridgehead atoms. The Hall–Kier alpha value is -1.98. The molecule has 0 unspecified atom stereocenters. The lowest BCUT2D eigenvalue weighted by Crippen LogP contribution is -2.02. The van der Waals surface area contributed by atoms with Gasteiger partial charge in [0, 0.05) is 17.0 Å². The van der Waals surface area contributed by atoms with Gasteiger partial charge < -0.3 is 15.2 Å². The van der Waals surface area contributed by atoms with Gasteiger partial charge in [0.1, 0.15) is 0 Å². The highest BCUT2D eigenvalue weighted by Crippen LogP contribution is 2.36. The van der Waals surface area contributed by atoms with Crippen LogP contribution in [0.1, 0.15) is 15.9 Å². The number of nitrogens with two attached hydrogens (primary N) is 1. The molecule has 0 fully saturated rings. The van der Waals surface area contributed by atoms with E-state index in [1.165, 1.54) is 0 Å². The average Bonchev–Trinajstić information content (AvgIpc) is 2.55. The highest BCUT2D eigenvalue weighted by molar-refractivity contribution is 8.14. The molecule has 0 aliphatic heterocycles. The van der Waals surface area contributed by atoms with Gasteiger partial charge in [-0.15, -0.1) is 0 Å². The third kappa shape index (κ3) is 3.56. The van der Waals surface area contributed by atoms with E-state index in [-0.39, 0.29) is 5.12 Å². The Labute approximate surface area is 128 Å². The lowest BCUT2D eigenvalue weighted by molar-refractivity contribution is 0.108. The van der Waals surface area contributed by atoms with Crippen LogP contribution in [0.4, 0.5) is 0 Å². The first-order valence-corrected chi connectivity index (χ1v) is 7.23. The van der Waals surface area contributed by atoms with Crippen molar-refractivity contribution in [2.24, 2.45) is 5.73 Å². The summed E-state index contributed by atoms with van der Waals surface area (Å²) in [6, 6.07) is 12.7. The fraction of sp³-hybridized carbons (Fsp3) is 0.188. The van der Waals surface area contributed by atoms with E-state index in [1.807, 2.05) is 18.2 Å². The monoisotopic (exact) mass is 303 g/mol. The summed E-state index contributed by atoms with van der Waals surface area (Å²) in [5, 5.41) is -0.0301. The molecule has 0 radical (unpaired) electrons. The summed E-state index contributed by atoms with van der Waals surface area (Å²) in [7, 11) is 3.13. The molecule has 21 heavy (non-hydrogen) atoms. The van der Waals surface area contributed by atoms with Gasteiger partial charge >= 0.3 is 0 Å². The largest absolute Gasteiger partial charge is 0.493 e. The van der Waals surface area contributed by atoms with Crippen LogP contribution in [0.15, 0.2) is 47.4 Å². The van der Waals surface area contributed by atoms with Crippen LogP contribution in [-0.4, -0.2) is 19.3 Å². The first kappa shape index (κ1) is 15.4. The fourth-order valence-corrected chi connectivity index (χ4v) is 2.78. The number of thioether (sulfide) groups is 1. The summed E-state index contributed by atoms with van der Waals surface area (Å²) in [6.45, 7) is 0.324. The number of hydrogen-bond donors (Lipinski definition) is 1. The van der Waals surface area contributed by atoms with E-state index in [4.69, 9.17) is 15.2 Å². The Balaban J connectivity index is 2.32. The maximum absolute atomic E-state index is 12.3. The molecule has 0 heterocycles. The average molecular weight is 303 g/mol. The Morgan fingerprint density at radius 1 is 1.10 bits per heavy atom. The van der Waals surface area contributed by atoms with Crippen molar-refractivity contribution < 1.29 is 14.3 Å². The van der Waals surface area contributed by atoms with Gasteiger partial charge in [-0.25, -0.2) is 0 Å². The summed E-state index contributed by atoms with van der Waals surface area (Å²) < 4.78 is 10.5. The van der Waals surface area contributed by atoms with Crippen molar-refractivity contribution in [3.05, 3.63) is 53.6 Å². The molecule has 0 amide bonds. The van der Waals surface area contributed by atoms with Crippen LogP contribution in [-0.2, 0) is 6.54 Å². The molecule has 2 N–H and O–H groups in total. The molecule has 0 aromatic heterocycles. The Morgan fingerprint density at radius 2 is 1.71 bits per heavy atom. The van der Waals surface area contributed by atoms with E-state index in [1.54, 1.807) is 38.5 Å². The Morgan fingerprint density at radius 3 is 2.29 bits per heavy atom. The van der Waals surface area contributed by atoms with Crippen molar-refractivity contribution in [2.45, 2.75) is 11.4 Å². The molecule has 2 aromatic rings. The van der Waals surface area contributed by atoms with Crippen LogP contribution in [0.25, 0.3) is 0 Å². The minimum Gasteiger partial charge on any atom is -0.493 e. The van der Waals surface area contributed by atoms with E-state index in [2.05, 4.69) is 0 Å². The second kappa shape index (κ2) is 7.15. The molecule has 0 aliphatic rings. The number of ether oxygens (including phenoxy) is 2. The molecule has 0 spiro atoms. The number of carbonyl (C=O) groups is 1. The zero-order valence-electron chi connectivity index (χ0n) is 12.0. The van der Waals surface area contributed by atoms with Gasteiger partial charge in [0.25, 0.3) is 0 Å². The number of methoxy groups -OCH3 is 2. The number of hydrogen-bond acceptors (Lipinski definition) is 5. The molecule has 0 saturated heterocycles. The molecule has 5 heteroatoms. The van der Waals surface area contributed by atoms with Crippen molar-refractivity contribution in [3.8, 4) is 11.5 Å². The minimum absolute atomic E-state index is 0.0301. The van der Waals surface area contributed by atoms with Crippen LogP contribution in [0.5, 0.6) is 11.5 Å². The summed E-state index contributed by atoms with van der Waals surface area (Å²) in [5.41, 5.74) is 7.26. The predicted molar refractivity (Wildman–Crippen MR) is 84.1 cm³/mol. The lowest BCUT2D eigenvalue weighted by Gasteiger charge is -2.13. The molecular formula is C16H17NO3S. The minimum atomic E-state index is -0.0301. The van der Waals surface area contributed by atoms with Crippen molar-refractivity contribution >= 4 is 16.9 Å². The first-order valence-electron chi connectivity index (χ1n) is 6.41. The van der Waals surface area contributed by atoms with Crippen LogP contribution in [0, 0.1) is 0 Å². The topological polar surface area (TPSA) is 61.5 Å². The van der Waals surface area contributed by atoms with Gasteiger partial charge in [0.15, 0.2) is 11.5 Å². The molecule has 110 valence electrons. The van der Waals surface area contributed by atoms with E-state index < -0.39 is 0 Å². The third-order valence-corrected chi connectivity index (χ3v) is 4.02. The van der Waals surface area contributed by atoms with E-state index in [0.29, 0.717) is 23.6 Å². The van der Waals surface area contributed by atoms with Crippen molar-refractivity contribution in [2.75, 3.05) is 14.2 Å². The number of benzene rings is 2. The second-order valence-electron chi connectivity index (χ2n) is 4.27. The van der Waals surface area contributed by atoms with E-state index in [9.17, 15) is 4.79 Å². The zero-order chi connectivity index (χ0) is 15.2. The van der Waals surface area contributed by atoms with Gasteiger partial charge in [-0.1, -0.05) is 30.3 Å². The van der Waals surface area contributed by atoms with Gasteiger partial charge in [-0.3, -0.25) is 4.79 Å². The quantitative estimate of drug-likeness (QED) is 0.860. The normalized spacial score (nSPS) is 10.2. The van der Waals surface area contributed by atoms with Gasteiger partial charge in [-0.05, 0) is 29.5 Å². The van der Waals surface area contributed by atoms with Crippen LogP contribution < -0.4 is 15.2 Å². The molecule has 0 aliphatic carbocycles. The molecular weight excluding hydrogens is 286 g/mol. The number of rotatable bonds is 5. The predicted octanol–water partition coefficient (Wildman–Crippen LogP) is 3.10. The zero-order valence-corrected chi connectivity index (χ0v) is 12.8. The smallest absolute Gasteiger partial charge is 0.224 e. The SMILES string of the molecule is COc1cc(CN)c(SC(=O)c2ccccc2)cc1OC. The molecule has 2 aromatic carbocycles. The summed E-state index contributed by atoms with van der Waals surface area (Å²) in [4.78, 5) is 13.1. The van der Waals surface area contributed by atoms with Crippen molar-refractivity contribution in [1.82, 2.24) is 0 Å². The Kier molecular flexibility index (Phi) is 5.25. The van der Waals surface area contributed by atoms with Gasteiger partial charge in [0.05, 0.1) is 14.2 Å². The second-order valence-corrected chi connectivity index (χ2v) is 5.29. The van der Waals surface area contributed by atoms with Crippen LogP contribution >= 0.6 is 11.8 Å². The summed E-state index contributed by atoms with van der Waals surface area (Å²) in [6.07, 6.45) is 0. The molecule has 0 saturated carbocycles. The standard InChI is InChI=1S/C16H17NO3S/c1-19-13-8-12(10-17)15(9-14(13)20-2)21-16(18)11-6-4-3-5-7-11/h3-9H,10,17H2,1-2H3. The van der Waals surface area contributed by atoms with Crippen LogP contribution in [0.2, 0.25) is 0 Å². The highest BCUT2D eigenvalue weighted by atomic mass is 32.2. The Bertz CT molecular complexity index is 629. The van der Waals surface area contributed by atoms with Crippen molar-refractivity contribution in [1.29, 1.82) is 0 Å². The van der Waals surface area contributed by atoms with E-state index in [0.717, 1.165) is 22.2 Å². The first-order chi connectivity index (χ1) is 10.2. The van der Waals surface area contributed by atoms with Gasteiger partial charge in [-0.2, -0.15) is 0 Å². The maximum Gasteiger partial charge on any atom is 0.224 e. The highest BCUT2D eigenvalue weighted by Gasteiger charge is 2.15. The lowest BCUT2D eigenvalue weighted by atomic mass is 10.2. The molecule has 0 atom stereocenters. The molecule has 4 nitrogen and oxygen atoms in total. The maximum atomic E-state index is 12.3. The van der Waals surface area contributed by atoms with Crippen molar-refractivity contribution in [3.63, 3.8) is 0 Å². The summed E-state index contributed by atoms with van der Waals surface area (Å²) in [5.74, 6) is 1.19. The fourth-order valence-electron chi connectivity index (χ4n) is 1.89. The molecule has 2 rings (SSSR count). The van der Waals surface area contributed by atoms with E-state index >= 15 is 0 Å². The van der Waals surface area contributed by atoms with Gasteiger partial charge in [0.2, 0.25) is 5.12 Å². The number of carbonyl (C=O) groups excluding carboxylic acids is 1.